The standard InChI is InChI=1S/C17H25N5OS2.HI/c1-4-18-17(21-11-15-12(2)22-13(3)25-15)20-9-6-8-19-16(23)14-7-5-10-24-14;/h5,7,10H,4,6,8-9,11H2,1-3H3,(H,19,23)(H2,18,20,21);1H. The van der Waals surface area contributed by atoms with Crippen molar-refractivity contribution in [3.8, 4) is 0 Å². The predicted molar refractivity (Wildman–Crippen MR) is 121 cm³/mol. The minimum Gasteiger partial charge on any atom is -0.357 e. The lowest BCUT2D eigenvalue weighted by molar-refractivity contribution is 0.0957. The highest BCUT2D eigenvalue weighted by atomic mass is 127. The molecule has 0 saturated carbocycles. The first-order valence-electron chi connectivity index (χ1n) is 8.37. The summed E-state index contributed by atoms with van der Waals surface area (Å²) in [7, 11) is 0. The Morgan fingerprint density at radius 3 is 2.62 bits per heavy atom. The molecule has 9 heteroatoms. The highest BCUT2D eigenvalue weighted by Gasteiger charge is 2.06. The van der Waals surface area contributed by atoms with E-state index in [1.54, 1.807) is 11.3 Å². The second-order valence-corrected chi connectivity index (χ2v) is 7.69. The number of aryl methyl sites for hydroxylation is 2. The van der Waals surface area contributed by atoms with Gasteiger partial charge in [-0.3, -0.25) is 4.79 Å². The molecule has 0 spiro atoms. The zero-order valence-corrected chi connectivity index (χ0v) is 19.3. The van der Waals surface area contributed by atoms with Gasteiger partial charge in [-0.05, 0) is 38.6 Å². The van der Waals surface area contributed by atoms with Gasteiger partial charge < -0.3 is 16.0 Å². The second-order valence-electron chi connectivity index (χ2n) is 5.45. The van der Waals surface area contributed by atoms with Gasteiger partial charge in [-0.1, -0.05) is 6.07 Å². The number of thiazole rings is 1. The number of hydrogen-bond donors (Lipinski definition) is 3. The predicted octanol–water partition coefficient (Wildman–Crippen LogP) is 3.31. The number of carbonyl (C=O) groups is 1. The smallest absolute Gasteiger partial charge is 0.261 e. The van der Waals surface area contributed by atoms with E-state index in [1.807, 2.05) is 38.3 Å². The molecule has 0 bridgehead atoms. The number of amides is 1. The quantitative estimate of drug-likeness (QED) is 0.222. The lowest BCUT2D eigenvalue weighted by Crippen LogP contribution is -2.38. The van der Waals surface area contributed by atoms with Crippen molar-refractivity contribution in [3.63, 3.8) is 0 Å². The van der Waals surface area contributed by atoms with Crippen LogP contribution in [0.15, 0.2) is 22.5 Å². The molecule has 2 aromatic heterocycles. The second kappa shape index (κ2) is 12.2. The van der Waals surface area contributed by atoms with E-state index < -0.39 is 0 Å². The van der Waals surface area contributed by atoms with Gasteiger partial charge >= 0.3 is 0 Å². The molecule has 1 amide bonds. The van der Waals surface area contributed by atoms with Crippen LogP contribution in [0.4, 0.5) is 0 Å². The third kappa shape index (κ3) is 7.58. The molecule has 3 N–H and O–H groups in total. The van der Waals surface area contributed by atoms with E-state index in [1.165, 1.54) is 16.2 Å². The van der Waals surface area contributed by atoms with E-state index in [4.69, 9.17) is 0 Å². The summed E-state index contributed by atoms with van der Waals surface area (Å²) in [4.78, 5) is 22.8. The molecule has 0 unspecified atom stereocenters. The fourth-order valence-corrected chi connectivity index (χ4v) is 3.71. The molecule has 0 saturated heterocycles. The molecule has 0 aliphatic carbocycles. The van der Waals surface area contributed by atoms with E-state index in [0.717, 1.165) is 41.0 Å². The Balaban J connectivity index is 0.00000338. The van der Waals surface area contributed by atoms with Gasteiger partial charge in [0.2, 0.25) is 0 Å². The average molecular weight is 507 g/mol. The van der Waals surface area contributed by atoms with Crippen LogP contribution in [0.2, 0.25) is 0 Å². The lowest BCUT2D eigenvalue weighted by Gasteiger charge is -2.11. The van der Waals surface area contributed by atoms with Crippen LogP contribution in [-0.4, -0.2) is 36.5 Å². The van der Waals surface area contributed by atoms with E-state index in [0.29, 0.717) is 13.1 Å². The first-order valence-corrected chi connectivity index (χ1v) is 10.1. The Morgan fingerprint density at radius 2 is 2.00 bits per heavy atom. The highest BCUT2D eigenvalue weighted by molar-refractivity contribution is 14.0. The number of nitrogens with zero attached hydrogens (tertiary/aromatic N) is 2. The van der Waals surface area contributed by atoms with Crippen LogP contribution < -0.4 is 16.0 Å². The van der Waals surface area contributed by atoms with Crippen LogP contribution in [0.25, 0.3) is 0 Å². The Labute approximate surface area is 179 Å². The van der Waals surface area contributed by atoms with Crippen molar-refractivity contribution >= 4 is 58.5 Å². The molecular weight excluding hydrogens is 481 g/mol. The molecule has 144 valence electrons. The Hall–Kier alpha value is -1.20. The molecule has 2 rings (SSSR count). The summed E-state index contributed by atoms with van der Waals surface area (Å²) in [5.41, 5.74) is 1.05. The van der Waals surface area contributed by atoms with Crippen molar-refractivity contribution in [1.29, 1.82) is 0 Å². The number of halogens is 1. The third-order valence-electron chi connectivity index (χ3n) is 3.40. The van der Waals surface area contributed by atoms with Crippen LogP contribution in [0.5, 0.6) is 0 Å². The molecule has 6 nitrogen and oxygen atoms in total. The van der Waals surface area contributed by atoms with Crippen LogP contribution in [-0.2, 0) is 6.54 Å². The van der Waals surface area contributed by atoms with Crippen molar-refractivity contribution in [2.24, 2.45) is 4.99 Å². The molecule has 0 aliphatic rings. The number of carbonyl (C=O) groups excluding carboxylic acids is 1. The molecular formula is C17H26IN5OS2. The summed E-state index contributed by atoms with van der Waals surface area (Å²) in [6.07, 6.45) is 0.834. The highest BCUT2D eigenvalue weighted by Crippen LogP contribution is 2.17. The number of guanidine groups is 1. The van der Waals surface area contributed by atoms with Gasteiger partial charge in [0, 0.05) is 24.5 Å². The molecule has 2 heterocycles. The summed E-state index contributed by atoms with van der Waals surface area (Å²) in [6, 6.07) is 3.71. The summed E-state index contributed by atoms with van der Waals surface area (Å²) >= 11 is 3.14. The monoisotopic (exact) mass is 507 g/mol. The molecule has 26 heavy (non-hydrogen) atoms. The van der Waals surface area contributed by atoms with Gasteiger partial charge in [0.1, 0.15) is 0 Å². The Kier molecular flexibility index (Phi) is 10.7. The number of thiophene rings is 1. The number of nitrogens with one attached hydrogen (secondary N) is 3. The molecule has 2 aromatic rings. The van der Waals surface area contributed by atoms with Crippen molar-refractivity contribution in [2.75, 3.05) is 19.6 Å². The molecule has 0 aromatic carbocycles. The van der Waals surface area contributed by atoms with Crippen LogP contribution >= 0.6 is 46.7 Å². The SMILES string of the molecule is CCNC(=NCc1sc(C)nc1C)NCCCNC(=O)c1cccs1.I. The fraction of sp³-hybridized carbons (Fsp3) is 0.471. The topological polar surface area (TPSA) is 78.4 Å². The van der Waals surface area contributed by atoms with Gasteiger partial charge in [0.15, 0.2) is 5.96 Å². The maximum atomic E-state index is 11.8. The molecule has 0 atom stereocenters. The summed E-state index contributed by atoms with van der Waals surface area (Å²) in [6.45, 7) is 8.89. The van der Waals surface area contributed by atoms with Gasteiger partial charge in [-0.15, -0.1) is 46.7 Å². The maximum absolute atomic E-state index is 11.8. The molecule has 0 radical (unpaired) electrons. The summed E-state index contributed by atoms with van der Waals surface area (Å²) in [5.74, 6) is 0.782. The maximum Gasteiger partial charge on any atom is 0.261 e. The van der Waals surface area contributed by atoms with Gasteiger partial charge in [-0.2, -0.15) is 0 Å². The number of rotatable bonds is 8. The van der Waals surface area contributed by atoms with Crippen LogP contribution in [0, 0.1) is 13.8 Å². The summed E-state index contributed by atoms with van der Waals surface area (Å²) < 4.78 is 0. The largest absolute Gasteiger partial charge is 0.357 e. The third-order valence-corrected chi connectivity index (χ3v) is 5.33. The Bertz CT molecular complexity index is 700. The first kappa shape index (κ1) is 22.8. The van der Waals surface area contributed by atoms with E-state index >= 15 is 0 Å². The fourth-order valence-electron chi connectivity index (χ4n) is 2.20. The lowest BCUT2D eigenvalue weighted by atomic mass is 10.4. The average Bonchev–Trinajstić information content (AvgIpc) is 3.21. The minimum atomic E-state index is -0.00776. The number of hydrogen-bond acceptors (Lipinski definition) is 5. The van der Waals surface area contributed by atoms with Gasteiger partial charge in [0.25, 0.3) is 5.91 Å². The number of aliphatic imine (C=N–C) groups is 1. The van der Waals surface area contributed by atoms with Crippen molar-refractivity contribution in [3.05, 3.63) is 38.0 Å². The molecule has 0 fully saturated rings. The zero-order chi connectivity index (χ0) is 18.1. The van der Waals surface area contributed by atoms with Crippen LogP contribution in [0.3, 0.4) is 0 Å². The Morgan fingerprint density at radius 1 is 1.23 bits per heavy atom. The van der Waals surface area contributed by atoms with Crippen molar-refractivity contribution < 1.29 is 4.79 Å². The normalized spacial score (nSPS) is 11.0. The van der Waals surface area contributed by atoms with E-state index in [2.05, 4.69) is 25.9 Å². The van der Waals surface area contributed by atoms with Crippen molar-refractivity contribution in [1.82, 2.24) is 20.9 Å². The van der Waals surface area contributed by atoms with E-state index in [9.17, 15) is 4.79 Å². The molecule has 0 aliphatic heterocycles. The minimum absolute atomic E-state index is 0. The zero-order valence-electron chi connectivity index (χ0n) is 15.3. The van der Waals surface area contributed by atoms with Gasteiger partial charge in [0.05, 0.1) is 22.1 Å². The number of aromatic nitrogens is 1. The van der Waals surface area contributed by atoms with Gasteiger partial charge in [-0.25, -0.2) is 9.98 Å². The first-order chi connectivity index (χ1) is 12.1. The summed E-state index contributed by atoms with van der Waals surface area (Å²) in [5, 5.41) is 12.4. The van der Waals surface area contributed by atoms with Crippen LogP contribution in [0.1, 0.15) is 38.6 Å². The van der Waals surface area contributed by atoms with Crippen molar-refractivity contribution in [2.45, 2.75) is 33.7 Å². The van der Waals surface area contributed by atoms with E-state index in [-0.39, 0.29) is 29.9 Å².